The molecule has 0 aliphatic carbocycles. The highest BCUT2D eigenvalue weighted by Gasteiger charge is 2.19. The highest BCUT2D eigenvalue weighted by Crippen LogP contribution is 2.41. The van der Waals surface area contributed by atoms with Gasteiger partial charge in [0, 0.05) is 38.8 Å². The molecule has 10 heteroatoms. The van der Waals surface area contributed by atoms with Gasteiger partial charge >= 0.3 is 0 Å². The van der Waals surface area contributed by atoms with E-state index in [1.165, 1.54) is 18.4 Å². The van der Waals surface area contributed by atoms with Crippen molar-refractivity contribution in [2.75, 3.05) is 11.8 Å². The smallest absolute Gasteiger partial charge is 0.263 e. The Bertz CT molecular complexity index is 1700. The molecule has 2 aromatic heterocycles. The minimum Gasteiger partial charge on any atom is -0.496 e. The third-order valence-electron chi connectivity index (χ3n) is 5.74. The molecule has 0 unspecified atom stereocenters. The van der Waals surface area contributed by atoms with E-state index in [4.69, 9.17) is 32.5 Å². The summed E-state index contributed by atoms with van der Waals surface area (Å²) in [7, 11) is -2.28. The van der Waals surface area contributed by atoms with Crippen LogP contribution in [0.15, 0.2) is 82.5 Å². The van der Waals surface area contributed by atoms with Crippen LogP contribution >= 0.6 is 23.2 Å². The molecule has 0 fully saturated rings. The highest BCUT2D eigenvalue weighted by atomic mass is 35.5. The molecule has 182 valence electrons. The zero-order chi connectivity index (χ0) is 25.4. The van der Waals surface area contributed by atoms with Crippen LogP contribution in [0.5, 0.6) is 5.75 Å². The Labute approximate surface area is 217 Å². The molecule has 0 aliphatic heterocycles. The molecular formula is C26H19Cl2N3O4S. The molecule has 0 saturated heterocycles. The summed E-state index contributed by atoms with van der Waals surface area (Å²) in [6.45, 7) is 1.93. The summed E-state index contributed by atoms with van der Waals surface area (Å²) >= 11 is 12.9. The second-order valence-corrected chi connectivity index (χ2v) is 10.5. The normalized spacial score (nSPS) is 11.6. The number of sulfonamides is 1. The van der Waals surface area contributed by atoms with Crippen molar-refractivity contribution < 1.29 is 17.7 Å². The average molecular weight is 540 g/mol. The zero-order valence-electron chi connectivity index (χ0n) is 19.1. The van der Waals surface area contributed by atoms with Crippen LogP contribution in [0.4, 0.5) is 5.82 Å². The van der Waals surface area contributed by atoms with Crippen LogP contribution in [-0.4, -0.2) is 25.7 Å². The summed E-state index contributed by atoms with van der Waals surface area (Å²) in [6.07, 6.45) is 2.90. The monoisotopic (exact) mass is 539 g/mol. The van der Waals surface area contributed by atoms with Crippen LogP contribution in [0, 0.1) is 6.92 Å². The van der Waals surface area contributed by atoms with Gasteiger partial charge < -0.3 is 9.26 Å². The van der Waals surface area contributed by atoms with E-state index in [2.05, 4.69) is 14.9 Å². The van der Waals surface area contributed by atoms with E-state index in [0.29, 0.717) is 32.4 Å². The number of aromatic nitrogens is 2. The Balaban J connectivity index is 1.60. The van der Waals surface area contributed by atoms with Crippen LogP contribution in [0.25, 0.3) is 33.2 Å². The van der Waals surface area contributed by atoms with E-state index >= 15 is 0 Å². The number of benzene rings is 3. The van der Waals surface area contributed by atoms with Crippen molar-refractivity contribution in [2.45, 2.75) is 11.8 Å². The minimum atomic E-state index is -3.86. The van der Waals surface area contributed by atoms with Crippen LogP contribution in [-0.2, 0) is 10.0 Å². The maximum atomic E-state index is 12.8. The van der Waals surface area contributed by atoms with E-state index in [1.54, 1.807) is 37.6 Å². The van der Waals surface area contributed by atoms with Gasteiger partial charge in [-0.15, -0.1) is 0 Å². The van der Waals surface area contributed by atoms with Crippen LogP contribution in [0.2, 0.25) is 10.0 Å². The molecule has 5 aromatic rings. The molecule has 1 N–H and O–H groups in total. The number of fused-ring (bicyclic) bond motifs is 1. The molecule has 2 heterocycles. The topological polar surface area (TPSA) is 94.3 Å². The Morgan fingerprint density at radius 3 is 2.50 bits per heavy atom. The summed E-state index contributed by atoms with van der Waals surface area (Å²) in [4.78, 5) is 4.64. The molecular weight excluding hydrogens is 521 g/mol. The van der Waals surface area contributed by atoms with Crippen molar-refractivity contribution in [3.63, 3.8) is 0 Å². The molecule has 36 heavy (non-hydrogen) atoms. The summed E-state index contributed by atoms with van der Waals surface area (Å²) in [6, 6.07) is 17.3. The number of pyridine rings is 1. The number of hydrogen-bond donors (Lipinski definition) is 1. The van der Waals surface area contributed by atoms with Crippen molar-refractivity contribution in [3.05, 3.63) is 88.7 Å². The number of anilines is 1. The standard InChI is InChI=1S/C26H19Cl2N3O4S/c1-15-11-16(3-6-22(15)27)20-14-24(34-2)21(13-23(20)28)26-19-5-4-18(12-17(19)7-9-29-26)36(32,33)31-25-8-10-35-30-25/h3-14H,1-2H3,(H,30,31). The molecule has 0 bridgehead atoms. The number of halogens is 2. The molecule has 0 aliphatic rings. The summed E-state index contributed by atoms with van der Waals surface area (Å²) < 4.78 is 38.4. The SMILES string of the molecule is COc1cc(-c2ccc(Cl)c(C)c2)c(Cl)cc1-c1nccc2cc(S(=O)(=O)Nc3ccon3)ccc12. The highest BCUT2D eigenvalue weighted by molar-refractivity contribution is 7.92. The van der Waals surface area contributed by atoms with E-state index in [-0.39, 0.29) is 10.7 Å². The van der Waals surface area contributed by atoms with Crippen molar-refractivity contribution >= 4 is 49.8 Å². The second-order valence-electron chi connectivity index (χ2n) is 8.03. The predicted octanol–water partition coefficient (Wildman–Crippen LogP) is 6.98. The van der Waals surface area contributed by atoms with Gasteiger partial charge in [0.15, 0.2) is 5.82 Å². The summed E-state index contributed by atoms with van der Waals surface area (Å²) in [5, 5.41) is 6.21. The summed E-state index contributed by atoms with van der Waals surface area (Å²) in [5.74, 6) is 0.673. The van der Waals surface area contributed by atoms with Gasteiger partial charge in [-0.25, -0.2) is 8.42 Å². The first kappa shape index (κ1) is 24.1. The lowest BCUT2D eigenvalue weighted by Crippen LogP contribution is -2.13. The lowest BCUT2D eigenvalue weighted by atomic mass is 9.98. The molecule has 0 saturated carbocycles. The van der Waals surface area contributed by atoms with E-state index in [1.807, 2.05) is 31.2 Å². The van der Waals surface area contributed by atoms with Gasteiger partial charge in [-0.05, 0) is 65.9 Å². The van der Waals surface area contributed by atoms with Gasteiger partial charge in [-0.2, -0.15) is 0 Å². The fourth-order valence-corrected chi connectivity index (χ4v) is 5.36. The zero-order valence-corrected chi connectivity index (χ0v) is 21.4. The third kappa shape index (κ3) is 4.51. The third-order valence-corrected chi connectivity index (χ3v) is 7.83. The number of nitrogens with zero attached hydrogens (tertiary/aromatic N) is 2. The number of nitrogens with one attached hydrogen (secondary N) is 1. The van der Waals surface area contributed by atoms with Gasteiger partial charge in [-0.3, -0.25) is 9.71 Å². The molecule has 5 rings (SSSR count). The molecule has 0 spiro atoms. The van der Waals surface area contributed by atoms with Crippen molar-refractivity contribution in [1.82, 2.24) is 10.1 Å². The van der Waals surface area contributed by atoms with E-state index in [0.717, 1.165) is 22.1 Å². The first-order valence-electron chi connectivity index (χ1n) is 10.7. The fourth-order valence-electron chi connectivity index (χ4n) is 3.94. The Kier molecular flexibility index (Phi) is 6.34. The van der Waals surface area contributed by atoms with Gasteiger partial charge in [0.05, 0.1) is 17.7 Å². The molecule has 0 radical (unpaired) electrons. The number of rotatable bonds is 6. The molecule has 7 nitrogen and oxygen atoms in total. The van der Waals surface area contributed by atoms with Crippen LogP contribution < -0.4 is 9.46 Å². The maximum absolute atomic E-state index is 12.8. The Morgan fingerprint density at radius 2 is 1.78 bits per heavy atom. The molecule has 0 amide bonds. The number of hydrogen-bond acceptors (Lipinski definition) is 6. The second kappa shape index (κ2) is 9.46. The van der Waals surface area contributed by atoms with Gasteiger partial charge in [0.2, 0.25) is 0 Å². The first-order valence-corrected chi connectivity index (χ1v) is 13.0. The average Bonchev–Trinajstić information content (AvgIpc) is 3.37. The molecule has 3 aromatic carbocycles. The van der Waals surface area contributed by atoms with E-state index in [9.17, 15) is 8.42 Å². The quantitative estimate of drug-likeness (QED) is 0.250. The lowest BCUT2D eigenvalue weighted by molar-refractivity contribution is 0.416. The summed E-state index contributed by atoms with van der Waals surface area (Å²) in [5.41, 5.74) is 3.93. The van der Waals surface area contributed by atoms with Crippen LogP contribution in [0.1, 0.15) is 5.56 Å². The van der Waals surface area contributed by atoms with E-state index < -0.39 is 10.0 Å². The number of ether oxygens (including phenoxy) is 1. The lowest BCUT2D eigenvalue weighted by Gasteiger charge is -2.15. The van der Waals surface area contributed by atoms with Gasteiger partial charge in [0.1, 0.15) is 12.0 Å². The number of aryl methyl sites for hydroxylation is 1. The Hall–Kier alpha value is -3.59. The van der Waals surface area contributed by atoms with Crippen molar-refractivity contribution in [2.24, 2.45) is 0 Å². The number of methoxy groups -OCH3 is 1. The predicted molar refractivity (Wildman–Crippen MR) is 141 cm³/mol. The van der Waals surface area contributed by atoms with Crippen molar-refractivity contribution in [1.29, 1.82) is 0 Å². The largest absolute Gasteiger partial charge is 0.496 e. The van der Waals surface area contributed by atoms with Gasteiger partial charge in [-0.1, -0.05) is 40.5 Å². The van der Waals surface area contributed by atoms with Crippen LogP contribution in [0.3, 0.4) is 0 Å². The minimum absolute atomic E-state index is 0.0774. The first-order chi connectivity index (χ1) is 17.3. The fraction of sp³-hybridized carbons (Fsp3) is 0.0769. The van der Waals surface area contributed by atoms with Crippen molar-refractivity contribution in [3.8, 4) is 28.1 Å². The Morgan fingerprint density at radius 1 is 0.944 bits per heavy atom. The maximum Gasteiger partial charge on any atom is 0.263 e. The molecule has 0 atom stereocenters. The van der Waals surface area contributed by atoms with Gasteiger partial charge in [0.25, 0.3) is 10.0 Å².